The van der Waals surface area contributed by atoms with Crippen molar-refractivity contribution < 1.29 is 32.3 Å². The van der Waals surface area contributed by atoms with Crippen molar-refractivity contribution in [1.29, 1.82) is 0 Å². The normalized spacial score (nSPS) is 15.8. The van der Waals surface area contributed by atoms with Gasteiger partial charge in [-0.2, -0.15) is 13.2 Å². The van der Waals surface area contributed by atoms with Crippen molar-refractivity contribution in [2.45, 2.75) is 31.9 Å². The molecule has 1 aromatic heterocycles. The number of unbranched alkanes of at least 4 members (excludes halogenated alkanes) is 2. The van der Waals surface area contributed by atoms with E-state index in [0.717, 1.165) is 23.9 Å². The van der Waals surface area contributed by atoms with Gasteiger partial charge in [0.2, 0.25) is 0 Å². The Labute approximate surface area is 196 Å². The zero-order chi connectivity index (χ0) is 23.5. The number of aliphatic carboxylic acids is 1. The van der Waals surface area contributed by atoms with Gasteiger partial charge in [0.1, 0.15) is 15.8 Å². The molecule has 5 nitrogen and oxygen atoms in total. The van der Waals surface area contributed by atoms with Gasteiger partial charge in [0.25, 0.3) is 5.91 Å². The molecule has 0 bridgehead atoms. The molecule has 1 fully saturated rings. The van der Waals surface area contributed by atoms with Crippen LogP contribution < -0.4 is 0 Å². The van der Waals surface area contributed by atoms with Crippen LogP contribution in [-0.4, -0.2) is 32.7 Å². The van der Waals surface area contributed by atoms with E-state index in [4.69, 9.17) is 33.3 Å². The molecule has 32 heavy (non-hydrogen) atoms. The molecule has 1 N–H and O–H groups in total. The van der Waals surface area contributed by atoms with E-state index in [-0.39, 0.29) is 23.7 Å². The minimum atomic E-state index is -4.59. The second-order valence-corrected chi connectivity index (χ2v) is 9.02. The summed E-state index contributed by atoms with van der Waals surface area (Å²) in [5.74, 6) is -0.649. The second kappa shape index (κ2) is 10.1. The Balaban J connectivity index is 1.69. The number of carboxylic acids is 1. The SMILES string of the molecule is O=C(O)CCCCCN1C(=O)/C(=C/c2ccc(-c3ccc(Cl)c(C(F)(F)F)c3)o2)SC1=S. The Bertz CT molecular complexity index is 1080. The maximum absolute atomic E-state index is 13.1. The van der Waals surface area contributed by atoms with Crippen LogP contribution >= 0.6 is 35.6 Å². The number of nitrogens with zero attached hydrogens (tertiary/aromatic N) is 1. The van der Waals surface area contributed by atoms with Crippen LogP contribution in [0.3, 0.4) is 0 Å². The number of carbonyl (C=O) groups excluding carboxylic acids is 1. The monoisotopic (exact) mass is 503 g/mol. The van der Waals surface area contributed by atoms with Gasteiger partial charge in [0.05, 0.1) is 15.5 Å². The van der Waals surface area contributed by atoms with Crippen molar-refractivity contribution in [3.8, 4) is 11.3 Å². The molecule has 0 atom stereocenters. The Morgan fingerprint density at radius 1 is 1.22 bits per heavy atom. The third kappa shape index (κ3) is 5.93. The van der Waals surface area contributed by atoms with Gasteiger partial charge in [-0.3, -0.25) is 14.5 Å². The average Bonchev–Trinajstić information content (AvgIpc) is 3.27. The molecule has 1 aliphatic heterocycles. The predicted octanol–water partition coefficient (Wildman–Crippen LogP) is 6.47. The van der Waals surface area contributed by atoms with E-state index in [2.05, 4.69) is 0 Å². The summed E-state index contributed by atoms with van der Waals surface area (Å²) in [5.41, 5.74) is -0.755. The van der Waals surface area contributed by atoms with E-state index in [1.54, 1.807) is 6.07 Å². The molecule has 0 radical (unpaired) electrons. The smallest absolute Gasteiger partial charge is 0.417 e. The fourth-order valence-corrected chi connectivity index (χ4v) is 4.54. The highest BCUT2D eigenvalue weighted by molar-refractivity contribution is 8.26. The Kier molecular flexibility index (Phi) is 7.68. The first-order chi connectivity index (χ1) is 15.1. The zero-order valence-electron chi connectivity index (χ0n) is 16.4. The Morgan fingerprint density at radius 2 is 1.97 bits per heavy atom. The number of thiocarbonyl (C=S) groups is 1. The molecular formula is C21H17ClF3NO4S2. The maximum atomic E-state index is 13.1. The van der Waals surface area contributed by atoms with Gasteiger partial charge >= 0.3 is 12.1 Å². The quantitative estimate of drug-likeness (QED) is 0.253. The summed E-state index contributed by atoms with van der Waals surface area (Å²) < 4.78 is 45.3. The molecule has 170 valence electrons. The number of thioether (sulfide) groups is 1. The number of benzene rings is 1. The van der Waals surface area contributed by atoms with E-state index in [1.165, 1.54) is 23.1 Å². The molecule has 2 heterocycles. The summed E-state index contributed by atoms with van der Waals surface area (Å²) in [6.07, 6.45) is -1.22. The molecule has 0 unspecified atom stereocenters. The van der Waals surface area contributed by atoms with Crippen molar-refractivity contribution in [3.63, 3.8) is 0 Å². The third-order valence-corrected chi connectivity index (χ3v) is 6.31. The largest absolute Gasteiger partial charge is 0.481 e. The van der Waals surface area contributed by atoms with Gasteiger partial charge in [-0.15, -0.1) is 0 Å². The maximum Gasteiger partial charge on any atom is 0.417 e. The highest BCUT2D eigenvalue weighted by atomic mass is 35.5. The van der Waals surface area contributed by atoms with Gasteiger partial charge in [0, 0.05) is 24.6 Å². The number of hydrogen-bond donors (Lipinski definition) is 1. The first-order valence-electron chi connectivity index (χ1n) is 9.50. The molecule has 1 aromatic carbocycles. The van der Waals surface area contributed by atoms with Crippen LogP contribution in [0, 0.1) is 0 Å². The lowest BCUT2D eigenvalue weighted by atomic mass is 10.1. The van der Waals surface area contributed by atoms with Gasteiger partial charge < -0.3 is 9.52 Å². The molecule has 0 aliphatic carbocycles. The zero-order valence-corrected chi connectivity index (χ0v) is 18.8. The van der Waals surface area contributed by atoms with Crippen molar-refractivity contribution in [1.82, 2.24) is 4.90 Å². The molecule has 3 rings (SSSR count). The second-order valence-electron chi connectivity index (χ2n) is 6.93. The van der Waals surface area contributed by atoms with Crippen LogP contribution in [0.4, 0.5) is 13.2 Å². The molecule has 0 saturated carbocycles. The van der Waals surface area contributed by atoms with E-state index < -0.39 is 22.7 Å². The van der Waals surface area contributed by atoms with Crippen LogP contribution in [0.25, 0.3) is 17.4 Å². The molecule has 2 aromatic rings. The number of alkyl halides is 3. The summed E-state index contributed by atoms with van der Waals surface area (Å²) in [4.78, 5) is 25.0. The van der Waals surface area contributed by atoms with Gasteiger partial charge in [-0.05, 0) is 43.2 Å². The summed E-state index contributed by atoms with van der Waals surface area (Å²) in [6.45, 7) is 0.385. The van der Waals surface area contributed by atoms with Crippen LogP contribution in [0.5, 0.6) is 0 Å². The standard InChI is InChI=1S/C21H17ClF3NO4S2/c22-15-7-5-12(10-14(15)21(23,24)25)16-8-6-13(30-16)11-17-19(29)26(20(31)32-17)9-3-1-2-4-18(27)28/h5-8,10-11H,1-4,9H2,(H,27,28)/b17-11-. The van der Waals surface area contributed by atoms with Crippen molar-refractivity contribution in [3.05, 3.63) is 51.6 Å². The van der Waals surface area contributed by atoms with Crippen molar-refractivity contribution in [2.75, 3.05) is 6.54 Å². The lowest BCUT2D eigenvalue weighted by Crippen LogP contribution is -2.29. The highest BCUT2D eigenvalue weighted by Gasteiger charge is 2.34. The minimum absolute atomic E-state index is 0.0806. The third-order valence-electron chi connectivity index (χ3n) is 4.60. The Hall–Kier alpha value is -2.30. The number of amides is 1. The molecule has 1 aliphatic rings. The molecule has 1 amide bonds. The number of furan rings is 1. The lowest BCUT2D eigenvalue weighted by Gasteiger charge is -2.13. The molecule has 11 heteroatoms. The van der Waals surface area contributed by atoms with Gasteiger partial charge in [-0.25, -0.2) is 0 Å². The van der Waals surface area contributed by atoms with Crippen LogP contribution in [-0.2, 0) is 15.8 Å². The fraction of sp³-hybridized carbons (Fsp3) is 0.286. The first-order valence-corrected chi connectivity index (χ1v) is 11.1. The predicted molar refractivity (Wildman–Crippen MR) is 120 cm³/mol. The summed E-state index contributed by atoms with van der Waals surface area (Å²) in [7, 11) is 0. The van der Waals surface area contributed by atoms with Gasteiger partial charge in [0.15, 0.2) is 0 Å². The number of hydrogen-bond acceptors (Lipinski definition) is 5. The number of rotatable bonds is 8. The average molecular weight is 504 g/mol. The van der Waals surface area contributed by atoms with Crippen molar-refractivity contribution in [2.24, 2.45) is 0 Å². The summed E-state index contributed by atoms with van der Waals surface area (Å²) >= 11 is 12.0. The van der Waals surface area contributed by atoms with E-state index in [9.17, 15) is 22.8 Å². The van der Waals surface area contributed by atoms with Crippen LogP contribution in [0.1, 0.15) is 37.0 Å². The first kappa shape index (κ1) is 24.3. The lowest BCUT2D eigenvalue weighted by molar-refractivity contribution is -0.138. The van der Waals surface area contributed by atoms with Crippen LogP contribution in [0.2, 0.25) is 5.02 Å². The Morgan fingerprint density at radius 3 is 2.66 bits per heavy atom. The highest BCUT2D eigenvalue weighted by Crippen LogP contribution is 2.38. The molecule has 0 spiro atoms. The number of carbonyl (C=O) groups is 2. The van der Waals surface area contributed by atoms with Gasteiger partial charge in [-0.1, -0.05) is 42.0 Å². The number of halogens is 4. The van der Waals surface area contributed by atoms with E-state index >= 15 is 0 Å². The fourth-order valence-electron chi connectivity index (χ4n) is 3.03. The summed E-state index contributed by atoms with van der Waals surface area (Å²) in [6, 6.07) is 6.55. The molecular weight excluding hydrogens is 487 g/mol. The van der Waals surface area contributed by atoms with E-state index in [1.807, 2.05) is 0 Å². The van der Waals surface area contributed by atoms with Crippen molar-refractivity contribution >= 4 is 57.9 Å². The minimum Gasteiger partial charge on any atom is -0.481 e. The molecule has 1 saturated heterocycles. The number of carboxylic acid groups (broad SMARTS) is 1. The van der Waals surface area contributed by atoms with Crippen LogP contribution in [0.15, 0.2) is 39.7 Å². The van der Waals surface area contributed by atoms with E-state index in [0.29, 0.717) is 40.8 Å². The topological polar surface area (TPSA) is 70.8 Å². The summed E-state index contributed by atoms with van der Waals surface area (Å²) in [5, 5.41) is 8.26.